The Labute approximate surface area is 218 Å². The lowest BCUT2D eigenvalue weighted by Crippen LogP contribution is -2.52. The number of rotatable bonds is 6. The predicted octanol–water partition coefficient (Wildman–Crippen LogP) is 3.31. The minimum atomic E-state index is -0.626. The van der Waals surface area contributed by atoms with E-state index < -0.39 is 5.60 Å². The Kier molecular flexibility index (Phi) is 5.97. The third-order valence-electron chi connectivity index (χ3n) is 7.20. The van der Waals surface area contributed by atoms with Crippen LogP contribution in [0.2, 0.25) is 0 Å². The van der Waals surface area contributed by atoms with Gasteiger partial charge in [-0.05, 0) is 55.5 Å². The fourth-order valence-corrected chi connectivity index (χ4v) is 5.33. The van der Waals surface area contributed by atoms with Crippen LogP contribution in [0.15, 0.2) is 42.6 Å². The first-order valence-corrected chi connectivity index (χ1v) is 12.8. The van der Waals surface area contributed by atoms with Crippen molar-refractivity contribution in [3.63, 3.8) is 0 Å². The normalized spacial score (nSPS) is 16.4. The van der Waals surface area contributed by atoms with Gasteiger partial charge < -0.3 is 19.2 Å². The summed E-state index contributed by atoms with van der Waals surface area (Å²) in [5, 5.41) is 14.9. The third kappa shape index (κ3) is 4.13. The molecular formula is C27H28N6O5. The van der Waals surface area contributed by atoms with Crippen LogP contribution in [0.5, 0.6) is 11.5 Å². The number of carbonyl (C=O) groups excluding carboxylic acids is 2. The molecule has 0 radical (unpaired) electrons. The van der Waals surface area contributed by atoms with E-state index in [2.05, 4.69) is 20.6 Å². The largest absolute Gasteiger partial charge is 0.493 e. The summed E-state index contributed by atoms with van der Waals surface area (Å²) < 4.78 is 13.9. The van der Waals surface area contributed by atoms with Gasteiger partial charge in [-0.3, -0.25) is 9.59 Å². The molecule has 6 rings (SSSR count). The van der Waals surface area contributed by atoms with Gasteiger partial charge in [0, 0.05) is 48.6 Å². The number of Topliss-reactive ketones (excluding diaryl/α,β-unsaturated/α-hetero) is 1. The molecular weight excluding hydrogens is 488 g/mol. The van der Waals surface area contributed by atoms with Crippen LogP contribution in [0, 0.1) is 0 Å². The Morgan fingerprint density at radius 2 is 1.97 bits per heavy atom. The molecule has 4 heterocycles. The van der Waals surface area contributed by atoms with Gasteiger partial charge in [-0.1, -0.05) is 0 Å². The minimum Gasteiger partial charge on any atom is -0.493 e. The second-order valence-electron chi connectivity index (χ2n) is 9.52. The summed E-state index contributed by atoms with van der Waals surface area (Å²) in [6, 6.07) is 10.9. The third-order valence-corrected chi connectivity index (χ3v) is 7.20. The van der Waals surface area contributed by atoms with Crippen LogP contribution in [0.25, 0.3) is 22.3 Å². The van der Waals surface area contributed by atoms with Gasteiger partial charge in [-0.2, -0.15) is 9.94 Å². The number of amides is 1. The molecule has 0 saturated carbocycles. The van der Waals surface area contributed by atoms with Crippen LogP contribution in [-0.4, -0.2) is 73.8 Å². The number of fused-ring (bicyclic) bond motifs is 2. The van der Waals surface area contributed by atoms with Crippen molar-refractivity contribution >= 4 is 22.6 Å². The van der Waals surface area contributed by atoms with Crippen molar-refractivity contribution in [1.82, 2.24) is 30.3 Å². The monoisotopic (exact) mass is 516 g/mol. The van der Waals surface area contributed by atoms with Crippen LogP contribution in [-0.2, 0) is 0 Å². The Hall–Kier alpha value is -4.41. The van der Waals surface area contributed by atoms with E-state index in [0.717, 1.165) is 10.9 Å². The van der Waals surface area contributed by atoms with Crippen molar-refractivity contribution in [3.8, 4) is 22.9 Å². The van der Waals surface area contributed by atoms with Gasteiger partial charge in [0.15, 0.2) is 5.78 Å². The molecule has 0 unspecified atom stereocenters. The van der Waals surface area contributed by atoms with Gasteiger partial charge in [-0.15, -0.1) is 10.2 Å². The number of ketones is 1. The number of ether oxygens (including phenoxy) is 2. The van der Waals surface area contributed by atoms with Crippen LogP contribution in [0.4, 0.5) is 0 Å². The highest BCUT2D eigenvalue weighted by Crippen LogP contribution is 2.41. The van der Waals surface area contributed by atoms with E-state index in [0.29, 0.717) is 73.2 Å². The topological polar surface area (TPSA) is 124 Å². The van der Waals surface area contributed by atoms with Crippen molar-refractivity contribution in [2.45, 2.75) is 38.7 Å². The summed E-state index contributed by atoms with van der Waals surface area (Å²) in [5.74, 6) is 1.56. The molecule has 0 bridgehead atoms. The minimum absolute atomic E-state index is 0.0138. The van der Waals surface area contributed by atoms with Gasteiger partial charge >= 0.3 is 0 Å². The molecule has 2 aromatic heterocycles. The molecule has 1 N–H and O–H groups in total. The number of hydrogen-bond acceptors (Lipinski definition) is 8. The summed E-state index contributed by atoms with van der Waals surface area (Å²) in [6.45, 7) is 5.78. The number of piperidine rings is 1. The lowest BCUT2D eigenvalue weighted by Gasteiger charge is -2.44. The highest BCUT2D eigenvalue weighted by atomic mass is 16.7. The van der Waals surface area contributed by atoms with Crippen LogP contribution < -0.4 is 14.3 Å². The van der Waals surface area contributed by atoms with Crippen molar-refractivity contribution in [2.24, 2.45) is 0 Å². The van der Waals surface area contributed by atoms with E-state index in [9.17, 15) is 9.59 Å². The molecule has 196 valence electrons. The van der Waals surface area contributed by atoms with Gasteiger partial charge in [0.25, 0.3) is 5.91 Å². The van der Waals surface area contributed by atoms with Gasteiger partial charge in [0.1, 0.15) is 23.7 Å². The summed E-state index contributed by atoms with van der Waals surface area (Å²) in [6.07, 6.45) is 3.22. The van der Waals surface area contributed by atoms with Crippen LogP contribution in [0.3, 0.4) is 0 Å². The lowest BCUT2D eigenvalue weighted by atomic mass is 9.82. The number of H-pyrrole nitrogens is 1. The summed E-state index contributed by atoms with van der Waals surface area (Å²) in [7, 11) is 0. The molecule has 11 heteroatoms. The number of tetrazole rings is 1. The van der Waals surface area contributed by atoms with Crippen molar-refractivity contribution in [1.29, 1.82) is 0 Å². The maximum Gasteiger partial charge on any atom is 0.254 e. The van der Waals surface area contributed by atoms with E-state index in [-0.39, 0.29) is 18.1 Å². The zero-order valence-electron chi connectivity index (χ0n) is 21.3. The molecule has 1 spiro atoms. The SMILES string of the molecule is CCOc1cc(C(=O)N2CCC3(CC2)CC(=O)c2cc(-c4nn[nH]n4)ccc2O3)cc2c1ccn2OCC. The first kappa shape index (κ1) is 24.0. The Balaban J connectivity index is 1.20. The highest BCUT2D eigenvalue weighted by molar-refractivity contribution is 6.02. The van der Waals surface area contributed by atoms with Crippen LogP contribution in [0.1, 0.15) is 53.8 Å². The van der Waals surface area contributed by atoms with Gasteiger partial charge in [0.05, 0.1) is 24.1 Å². The molecule has 0 atom stereocenters. The average molecular weight is 517 g/mol. The zero-order valence-corrected chi connectivity index (χ0v) is 21.3. The number of aromatic nitrogens is 5. The standard InChI is InChI=1S/C27H28N6O5/c1-3-36-24-15-18(14-21-19(24)7-10-33(21)37-4-2)26(35)32-11-8-27(9-12-32)16-22(34)20-13-17(5-6-23(20)38-27)25-28-30-31-29-25/h5-7,10,13-15H,3-4,8-9,11-12,16H2,1-2H3,(H,28,29,30,31). The maximum absolute atomic E-state index is 13.6. The van der Waals surface area contributed by atoms with Gasteiger partial charge in [0.2, 0.25) is 5.82 Å². The van der Waals surface area contributed by atoms with E-state index in [1.807, 2.05) is 43.1 Å². The number of benzene rings is 2. The number of hydrogen-bond donors (Lipinski definition) is 1. The van der Waals surface area contributed by atoms with Gasteiger partial charge in [-0.25, -0.2) is 0 Å². The smallest absolute Gasteiger partial charge is 0.254 e. The van der Waals surface area contributed by atoms with Crippen molar-refractivity contribution in [2.75, 3.05) is 26.3 Å². The molecule has 2 aliphatic heterocycles. The Morgan fingerprint density at radius 3 is 2.71 bits per heavy atom. The number of nitrogens with zero attached hydrogens (tertiary/aromatic N) is 5. The van der Waals surface area contributed by atoms with Crippen molar-refractivity contribution in [3.05, 3.63) is 53.7 Å². The summed E-state index contributed by atoms with van der Waals surface area (Å²) in [5.41, 5.74) is 1.91. The number of aromatic amines is 1. The van der Waals surface area contributed by atoms with E-state index in [4.69, 9.17) is 14.3 Å². The molecule has 2 aromatic carbocycles. The van der Waals surface area contributed by atoms with Crippen LogP contribution >= 0.6 is 0 Å². The maximum atomic E-state index is 13.6. The molecule has 1 fully saturated rings. The second-order valence-corrected chi connectivity index (χ2v) is 9.52. The fourth-order valence-electron chi connectivity index (χ4n) is 5.33. The molecule has 38 heavy (non-hydrogen) atoms. The summed E-state index contributed by atoms with van der Waals surface area (Å²) >= 11 is 0. The second kappa shape index (κ2) is 9.47. The first-order chi connectivity index (χ1) is 18.5. The molecule has 11 nitrogen and oxygen atoms in total. The predicted molar refractivity (Wildman–Crippen MR) is 137 cm³/mol. The molecule has 1 amide bonds. The fraction of sp³-hybridized carbons (Fsp3) is 0.370. The summed E-state index contributed by atoms with van der Waals surface area (Å²) in [4.78, 5) is 34.2. The number of likely N-dealkylation sites (tertiary alicyclic amines) is 1. The zero-order chi connectivity index (χ0) is 26.3. The molecule has 0 aliphatic carbocycles. The Bertz CT molecular complexity index is 1500. The molecule has 4 aromatic rings. The lowest BCUT2D eigenvalue weighted by molar-refractivity contribution is -0.00570. The molecule has 2 aliphatic rings. The van der Waals surface area contributed by atoms with Crippen molar-refractivity contribution < 1.29 is 23.9 Å². The Morgan fingerprint density at radius 1 is 1.13 bits per heavy atom. The number of nitrogens with one attached hydrogen (secondary N) is 1. The van der Waals surface area contributed by atoms with E-state index in [1.165, 1.54) is 0 Å². The quantitative estimate of drug-likeness (QED) is 0.414. The average Bonchev–Trinajstić information content (AvgIpc) is 3.60. The first-order valence-electron chi connectivity index (χ1n) is 12.8. The highest BCUT2D eigenvalue weighted by Gasteiger charge is 2.44. The number of carbonyl (C=O) groups is 2. The molecule has 1 saturated heterocycles. The van der Waals surface area contributed by atoms with E-state index >= 15 is 0 Å². The van der Waals surface area contributed by atoms with E-state index in [1.54, 1.807) is 22.9 Å².